The first-order valence-electron chi connectivity index (χ1n) is 9.70. The van der Waals surface area contributed by atoms with Crippen LogP contribution in [0.3, 0.4) is 0 Å². The molecule has 3 heterocycles. The second-order valence-electron chi connectivity index (χ2n) is 7.26. The summed E-state index contributed by atoms with van der Waals surface area (Å²) in [5.41, 5.74) is 1.15. The van der Waals surface area contributed by atoms with Crippen molar-refractivity contribution >= 4 is 11.8 Å². The number of carbonyl (C=O) groups is 2. The number of aromatic nitrogens is 5. The SMILES string of the molecule is O=C(NCc1ccccc1)c1cn(C[C@@H]2C[C@H](F)CN2C(=O)Cn2ccnc2)nn1. The summed E-state index contributed by atoms with van der Waals surface area (Å²) in [6.07, 6.45) is 5.49. The van der Waals surface area contributed by atoms with Crippen LogP contribution in [0.1, 0.15) is 22.5 Å². The van der Waals surface area contributed by atoms with Gasteiger partial charge in [-0.15, -0.1) is 5.10 Å². The van der Waals surface area contributed by atoms with Crippen LogP contribution in [0.25, 0.3) is 0 Å². The standard InChI is InChI=1S/C20H22FN7O2/c21-16-8-17(28(10-16)19(29)13-26-7-6-22-14-26)11-27-12-18(24-25-27)20(30)23-9-15-4-2-1-3-5-15/h1-7,12,14,16-17H,8-11,13H2,(H,23,30)/t16-,17-/m0/s1. The molecule has 0 unspecified atom stereocenters. The van der Waals surface area contributed by atoms with E-state index in [-0.39, 0.29) is 49.6 Å². The number of amides is 2. The van der Waals surface area contributed by atoms with Crippen LogP contribution in [0.5, 0.6) is 0 Å². The van der Waals surface area contributed by atoms with Gasteiger partial charge < -0.3 is 14.8 Å². The molecule has 2 atom stereocenters. The summed E-state index contributed by atoms with van der Waals surface area (Å²) in [5.74, 6) is -0.521. The maximum atomic E-state index is 14.0. The molecule has 0 radical (unpaired) electrons. The number of hydrogen-bond donors (Lipinski definition) is 1. The van der Waals surface area contributed by atoms with Gasteiger partial charge >= 0.3 is 0 Å². The third kappa shape index (κ3) is 4.70. The minimum absolute atomic E-state index is 0.0529. The fourth-order valence-electron chi connectivity index (χ4n) is 3.54. The first-order valence-corrected chi connectivity index (χ1v) is 9.70. The van der Waals surface area contributed by atoms with E-state index < -0.39 is 6.17 Å². The Hall–Kier alpha value is -3.56. The molecule has 1 saturated heterocycles. The highest BCUT2D eigenvalue weighted by Gasteiger charge is 2.35. The Morgan fingerprint density at radius 1 is 1.23 bits per heavy atom. The maximum Gasteiger partial charge on any atom is 0.273 e. The van der Waals surface area contributed by atoms with Crippen molar-refractivity contribution in [2.24, 2.45) is 0 Å². The Kier molecular flexibility index (Phi) is 5.82. The third-order valence-corrected chi connectivity index (χ3v) is 5.03. The van der Waals surface area contributed by atoms with Gasteiger partial charge in [0.25, 0.3) is 5.91 Å². The number of halogens is 1. The van der Waals surface area contributed by atoms with E-state index >= 15 is 0 Å². The summed E-state index contributed by atoms with van der Waals surface area (Å²) in [7, 11) is 0. The molecular weight excluding hydrogens is 389 g/mol. The van der Waals surface area contributed by atoms with Crippen LogP contribution in [0, 0.1) is 0 Å². The van der Waals surface area contributed by atoms with Crippen molar-refractivity contribution in [3.05, 3.63) is 66.5 Å². The van der Waals surface area contributed by atoms with Gasteiger partial charge in [0.2, 0.25) is 5.91 Å². The summed E-state index contributed by atoms with van der Waals surface area (Å²) in [4.78, 5) is 30.3. The number of carbonyl (C=O) groups excluding carboxylic acids is 2. The normalized spacial score (nSPS) is 18.5. The van der Waals surface area contributed by atoms with Crippen LogP contribution in [-0.4, -0.2) is 60.0 Å². The quantitative estimate of drug-likeness (QED) is 0.627. The molecule has 0 aliphatic carbocycles. The van der Waals surface area contributed by atoms with Crippen molar-refractivity contribution in [3.8, 4) is 0 Å². The molecule has 1 aliphatic heterocycles. The molecule has 0 saturated carbocycles. The first kappa shape index (κ1) is 19.7. The van der Waals surface area contributed by atoms with Crippen molar-refractivity contribution in [3.63, 3.8) is 0 Å². The van der Waals surface area contributed by atoms with E-state index in [1.807, 2.05) is 30.3 Å². The summed E-state index contributed by atoms with van der Waals surface area (Å²) in [5, 5.41) is 10.7. The number of alkyl halides is 1. The zero-order valence-electron chi connectivity index (χ0n) is 16.3. The Bertz CT molecular complexity index is 990. The van der Waals surface area contributed by atoms with Gasteiger partial charge in [0.15, 0.2) is 5.69 Å². The second kappa shape index (κ2) is 8.85. The van der Waals surface area contributed by atoms with Crippen molar-refractivity contribution in [2.75, 3.05) is 6.54 Å². The van der Waals surface area contributed by atoms with Crippen molar-refractivity contribution in [1.29, 1.82) is 0 Å². The number of rotatable bonds is 7. The van der Waals surface area contributed by atoms with E-state index in [2.05, 4.69) is 20.6 Å². The third-order valence-electron chi connectivity index (χ3n) is 5.03. The molecule has 3 aromatic rings. The Balaban J connectivity index is 1.35. The van der Waals surface area contributed by atoms with Crippen LogP contribution < -0.4 is 5.32 Å². The summed E-state index contributed by atoms with van der Waals surface area (Å²) in [6.45, 7) is 0.815. The fraction of sp³-hybridized carbons (Fsp3) is 0.350. The number of imidazole rings is 1. The average molecular weight is 411 g/mol. The van der Waals surface area contributed by atoms with Crippen molar-refractivity contribution < 1.29 is 14.0 Å². The molecule has 2 aromatic heterocycles. The van der Waals surface area contributed by atoms with Crippen molar-refractivity contribution in [1.82, 2.24) is 34.8 Å². The molecule has 4 rings (SSSR count). The first-order chi connectivity index (χ1) is 14.6. The molecule has 30 heavy (non-hydrogen) atoms. The van der Waals surface area contributed by atoms with Crippen LogP contribution >= 0.6 is 0 Å². The lowest BCUT2D eigenvalue weighted by Gasteiger charge is -2.24. The van der Waals surface area contributed by atoms with Gasteiger partial charge in [0, 0.05) is 25.4 Å². The lowest BCUT2D eigenvalue weighted by atomic mass is 10.2. The number of hydrogen-bond acceptors (Lipinski definition) is 5. The van der Waals surface area contributed by atoms with Crippen LogP contribution in [0.4, 0.5) is 4.39 Å². The largest absolute Gasteiger partial charge is 0.347 e. The molecular formula is C20H22FN7O2. The molecule has 0 bridgehead atoms. The number of likely N-dealkylation sites (tertiary alicyclic amines) is 1. The molecule has 9 nitrogen and oxygen atoms in total. The fourth-order valence-corrected chi connectivity index (χ4v) is 3.54. The van der Waals surface area contributed by atoms with Gasteiger partial charge in [-0.2, -0.15) is 0 Å². The second-order valence-corrected chi connectivity index (χ2v) is 7.26. The minimum atomic E-state index is -1.08. The molecule has 1 N–H and O–H groups in total. The zero-order chi connectivity index (χ0) is 20.9. The highest BCUT2D eigenvalue weighted by Crippen LogP contribution is 2.22. The minimum Gasteiger partial charge on any atom is -0.347 e. The molecule has 1 aromatic carbocycles. The number of benzene rings is 1. The molecule has 2 amide bonds. The number of nitrogens with zero attached hydrogens (tertiary/aromatic N) is 6. The van der Waals surface area contributed by atoms with E-state index in [0.29, 0.717) is 6.54 Å². The van der Waals surface area contributed by atoms with Gasteiger partial charge in [-0.05, 0) is 5.56 Å². The molecule has 156 valence electrons. The van der Waals surface area contributed by atoms with Crippen LogP contribution in [-0.2, 0) is 24.4 Å². The van der Waals surface area contributed by atoms with Gasteiger partial charge in [0.1, 0.15) is 12.7 Å². The molecule has 10 heteroatoms. The van der Waals surface area contributed by atoms with E-state index in [1.54, 1.807) is 23.3 Å². The van der Waals surface area contributed by atoms with Gasteiger partial charge in [-0.25, -0.2) is 14.1 Å². The van der Waals surface area contributed by atoms with Crippen molar-refractivity contribution in [2.45, 2.75) is 38.3 Å². The monoisotopic (exact) mass is 411 g/mol. The molecule has 0 spiro atoms. The lowest BCUT2D eigenvalue weighted by molar-refractivity contribution is -0.133. The van der Waals surface area contributed by atoms with Gasteiger partial charge in [0.05, 0.1) is 31.7 Å². The predicted molar refractivity (Wildman–Crippen MR) is 105 cm³/mol. The van der Waals surface area contributed by atoms with Crippen LogP contribution in [0.15, 0.2) is 55.2 Å². The highest BCUT2D eigenvalue weighted by molar-refractivity contribution is 5.91. The Labute approximate surface area is 172 Å². The topological polar surface area (TPSA) is 97.9 Å². The molecule has 1 fully saturated rings. The zero-order valence-corrected chi connectivity index (χ0v) is 16.3. The Morgan fingerprint density at radius 3 is 2.83 bits per heavy atom. The van der Waals surface area contributed by atoms with Gasteiger partial charge in [-0.1, -0.05) is 35.5 Å². The molecule has 1 aliphatic rings. The predicted octanol–water partition coefficient (Wildman–Crippen LogP) is 1.04. The van der Waals surface area contributed by atoms with E-state index in [4.69, 9.17) is 0 Å². The van der Waals surface area contributed by atoms with E-state index in [1.165, 1.54) is 15.8 Å². The van der Waals surface area contributed by atoms with E-state index in [0.717, 1.165) is 5.56 Å². The average Bonchev–Trinajstić information content (AvgIpc) is 3.49. The summed E-state index contributed by atoms with van der Waals surface area (Å²) >= 11 is 0. The summed E-state index contributed by atoms with van der Waals surface area (Å²) in [6, 6.07) is 9.19. The Morgan fingerprint density at radius 2 is 2.07 bits per heavy atom. The lowest BCUT2D eigenvalue weighted by Crippen LogP contribution is -2.40. The van der Waals surface area contributed by atoms with E-state index in [9.17, 15) is 14.0 Å². The number of nitrogens with one attached hydrogen (secondary N) is 1. The maximum absolute atomic E-state index is 14.0. The van der Waals surface area contributed by atoms with Gasteiger partial charge in [-0.3, -0.25) is 9.59 Å². The highest BCUT2D eigenvalue weighted by atomic mass is 19.1. The summed E-state index contributed by atoms with van der Waals surface area (Å²) < 4.78 is 17.2. The van der Waals surface area contributed by atoms with Crippen LogP contribution in [0.2, 0.25) is 0 Å². The smallest absolute Gasteiger partial charge is 0.273 e.